The Hall–Kier alpha value is -2.57. The molecule has 1 saturated carbocycles. The molecule has 2 aromatic carbocycles. The number of carbonyl (C=O) groups is 2. The number of halogens is 1. The predicted octanol–water partition coefficient (Wildman–Crippen LogP) is 5.46. The molecule has 2 aromatic rings. The van der Waals surface area contributed by atoms with Crippen molar-refractivity contribution in [1.82, 2.24) is 0 Å². The van der Waals surface area contributed by atoms with E-state index in [1.165, 1.54) is 0 Å². The monoisotopic (exact) mass is 431 g/mol. The molecule has 1 fully saturated rings. The quantitative estimate of drug-likeness (QED) is 0.579. The molecular weight excluding hydrogens is 406 g/mol. The van der Waals surface area contributed by atoms with Gasteiger partial charge in [0, 0.05) is 10.7 Å². The van der Waals surface area contributed by atoms with Gasteiger partial charge in [0.25, 0.3) is 0 Å². The highest BCUT2D eigenvalue weighted by Gasteiger charge is 2.22. The van der Waals surface area contributed by atoms with Crippen LogP contribution in [0.2, 0.25) is 5.02 Å². The minimum atomic E-state index is -0.942. The number of amides is 1. The van der Waals surface area contributed by atoms with Gasteiger partial charge in [0.05, 0.1) is 13.2 Å². The van der Waals surface area contributed by atoms with Gasteiger partial charge >= 0.3 is 12.1 Å². The molecular formula is C23H26ClNO5. The van der Waals surface area contributed by atoms with Crippen LogP contribution in [0.3, 0.4) is 0 Å². The van der Waals surface area contributed by atoms with E-state index in [1.807, 2.05) is 48.5 Å². The highest BCUT2D eigenvalue weighted by molar-refractivity contribution is 6.30. The van der Waals surface area contributed by atoms with Gasteiger partial charge in [-0.05, 0) is 72.9 Å². The number of rotatable bonds is 8. The van der Waals surface area contributed by atoms with Gasteiger partial charge in [-0.2, -0.15) is 0 Å². The second kappa shape index (κ2) is 11.0. The third-order valence-electron chi connectivity index (χ3n) is 5.28. The summed E-state index contributed by atoms with van der Waals surface area (Å²) in [4.78, 5) is 22.6. The van der Waals surface area contributed by atoms with Crippen molar-refractivity contribution >= 4 is 29.4 Å². The molecule has 0 aliphatic heterocycles. The molecule has 0 heterocycles. The first-order valence-corrected chi connectivity index (χ1v) is 10.5. The van der Waals surface area contributed by atoms with Crippen LogP contribution < -0.4 is 5.32 Å². The Kier molecular flexibility index (Phi) is 8.11. The Morgan fingerprint density at radius 2 is 1.63 bits per heavy atom. The van der Waals surface area contributed by atoms with E-state index in [9.17, 15) is 9.59 Å². The smallest absolute Gasteiger partial charge is 0.411 e. The Labute approximate surface area is 181 Å². The average molecular weight is 432 g/mol. The van der Waals surface area contributed by atoms with Crippen molar-refractivity contribution in [3.05, 3.63) is 53.6 Å². The summed E-state index contributed by atoms with van der Waals surface area (Å²) in [5, 5.41) is 12.0. The number of benzene rings is 2. The standard InChI is InChI=1S/C23H26ClNO5/c24-20-3-1-2-19(12-20)18-8-10-21(11-9-18)25-23(28)30-14-17-6-4-16(5-7-17)13-29-15-22(26)27/h1-3,8-12,16-17H,4-7,13-15H2,(H,25,28)(H,26,27). The van der Waals surface area contributed by atoms with Crippen molar-refractivity contribution in [2.24, 2.45) is 11.8 Å². The molecule has 0 unspecified atom stereocenters. The zero-order valence-electron chi connectivity index (χ0n) is 16.7. The molecule has 3 rings (SSSR count). The molecule has 0 atom stereocenters. The van der Waals surface area contributed by atoms with Crippen LogP contribution in [0.15, 0.2) is 48.5 Å². The summed E-state index contributed by atoms with van der Waals surface area (Å²) in [7, 11) is 0. The second-order valence-electron chi connectivity index (χ2n) is 7.61. The Morgan fingerprint density at radius 1 is 0.967 bits per heavy atom. The lowest BCUT2D eigenvalue weighted by atomic mass is 9.83. The molecule has 2 N–H and O–H groups in total. The summed E-state index contributed by atoms with van der Waals surface area (Å²) in [6, 6.07) is 15.1. The van der Waals surface area contributed by atoms with Gasteiger partial charge in [-0.3, -0.25) is 5.32 Å². The van der Waals surface area contributed by atoms with Crippen LogP contribution in [-0.4, -0.2) is 37.0 Å². The van der Waals surface area contributed by atoms with Crippen LogP contribution in [0.4, 0.5) is 10.5 Å². The number of anilines is 1. The van der Waals surface area contributed by atoms with Crippen LogP contribution in [-0.2, 0) is 14.3 Å². The number of hydrogen-bond acceptors (Lipinski definition) is 4. The molecule has 6 nitrogen and oxygen atoms in total. The molecule has 0 saturated heterocycles. The largest absolute Gasteiger partial charge is 0.480 e. The van der Waals surface area contributed by atoms with Crippen molar-refractivity contribution in [3.8, 4) is 11.1 Å². The summed E-state index contributed by atoms with van der Waals surface area (Å²) in [6.07, 6.45) is 3.35. The molecule has 0 radical (unpaired) electrons. The molecule has 1 aliphatic rings. The van der Waals surface area contributed by atoms with Crippen LogP contribution in [0.1, 0.15) is 25.7 Å². The molecule has 1 amide bonds. The molecule has 0 bridgehead atoms. The van der Waals surface area contributed by atoms with Crippen molar-refractivity contribution < 1.29 is 24.2 Å². The maximum Gasteiger partial charge on any atom is 0.411 e. The van der Waals surface area contributed by atoms with Crippen LogP contribution >= 0.6 is 11.6 Å². The number of ether oxygens (including phenoxy) is 2. The molecule has 30 heavy (non-hydrogen) atoms. The van der Waals surface area contributed by atoms with Crippen molar-refractivity contribution in [2.75, 3.05) is 25.1 Å². The predicted molar refractivity (Wildman–Crippen MR) is 116 cm³/mol. The zero-order chi connectivity index (χ0) is 21.3. The summed E-state index contributed by atoms with van der Waals surface area (Å²) < 4.78 is 10.6. The Balaban J connectivity index is 1.37. The van der Waals surface area contributed by atoms with Crippen LogP contribution in [0, 0.1) is 11.8 Å². The van der Waals surface area contributed by atoms with E-state index in [2.05, 4.69) is 5.32 Å². The minimum Gasteiger partial charge on any atom is -0.480 e. The van der Waals surface area contributed by atoms with Gasteiger partial charge in [0.1, 0.15) is 6.61 Å². The third-order valence-corrected chi connectivity index (χ3v) is 5.52. The number of nitrogens with one attached hydrogen (secondary N) is 1. The zero-order valence-corrected chi connectivity index (χ0v) is 17.4. The summed E-state index contributed by atoms with van der Waals surface area (Å²) in [5.41, 5.74) is 2.70. The number of carbonyl (C=O) groups excluding carboxylic acids is 1. The summed E-state index contributed by atoms with van der Waals surface area (Å²) >= 11 is 6.03. The fraction of sp³-hybridized carbons (Fsp3) is 0.391. The molecule has 0 aromatic heterocycles. The number of hydrogen-bond donors (Lipinski definition) is 2. The Morgan fingerprint density at radius 3 is 2.27 bits per heavy atom. The highest BCUT2D eigenvalue weighted by atomic mass is 35.5. The number of carboxylic acids is 1. The average Bonchev–Trinajstić information content (AvgIpc) is 2.73. The SMILES string of the molecule is O=C(O)COCC1CCC(COC(=O)Nc2ccc(-c3cccc(Cl)c3)cc2)CC1. The lowest BCUT2D eigenvalue weighted by molar-refractivity contribution is -0.142. The second-order valence-corrected chi connectivity index (χ2v) is 8.04. The maximum atomic E-state index is 12.1. The normalized spacial score (nSPS) is 18.6. The maximum absolute atomic E-state index is 12.1. The first-order chi connectivity index (χ1) is 14.5. The highest BCUT2D eigenvalue weighted by Crippen LogP contribution is 2.29. The fourth-order valence-electron chi connectivity index (χ4n) is 3.64. The molecule has 0 spiro atoms. The fourth-order valence-corrected chi connectivity index (χ4v) is 3.83. The topological polar surface area (TPSA) is 84.9 Å². The summed E-state index contributed by atoms with van der Waals surface area (Å²) in [5.74, 6) is -0.230. The molecule has 1 aliphatic carbocycles. The van der Waals surface area contributed by atoms with Gasteiger partial charge in [0.2, 0.25) is 0 Å². The van der Waals surface area contributed by atoms with Crippen molar-refractivity contribution in [2.45, 2.75) is 25.7 Å². The van der Waals surface area contributed by atoms with Gasteiger partial charge in [-0.15, -0.1) is 0 Å². The van der Waals surface area contributed by atoms with E-state index in [-0.39, 0.29) is 6.61 Å². The van der Waals surface area contributed by atoms with Crippen LogP contribution in [0.25, 0.3) is 11.1 Å². The van der Waals surface area contributed by atoms with E-state index < -0.39 is 12.1 Å². The summed E-state index contributed by atoms with van der Waals surface area (Å²) in [6.45, 7) is 0.615. The van der Waals surface area contributed by atoms with E-state index in [1.54, 1.807) is 0 Å². The number of aliphatic carboxylic acids is 1. The van der Waals surface area contributed by atoms with Crippen molar-refractivity contribution in [3.63, 3.8) is 0 Å². The van der Waals surface area contributed by atoms with Gasteiger partial charge in [0.15, 0.2) is 0 Å². The number of carboxylic acid groups (broad SMARTS) is 1. The van der Waals surface area contributed by atoms with E-state index in [4.69, 9.17) is 26.2 Å². The van der Waals surface area contributed by atoms with Crippen molar-refractivity contribution in [1.29, 1.82) is 0 Å². The minimum absolute atomic E-state index is 0.247. The lowest BCUT2D eigenvalue weighted by Crippen LogP contribution is -2.25. The van der Waals surface area contributed by atoms with Gasteiger partial charge in [-0.1, -0.05) is 35.9 Å². The molecule has 7 heteroatoms. The Bertz CT molecular complexity index is 847. The first kappa shape index (κ1) is 22.1. The van der Waals surface area contributed by atoms with E-state index in [0.717, 1.165) is 36.8 Å². The molecule has 160 valence electrons. The lowest BCUT2D eigenvalue weighted by Gasteiger charge is -2.27. The van der Waals surface area contributed by atoms with E-state index >= 15 is 0 Å². The van der Waals surface area contributed by atoms with E-state index in [0.29, 0.717) is 35.8 Å². The van der Waals surface area contributed by atoms with Gasteiger partial charge < -0.3 is 14.6 Å². The first-order valence-electron chi connectivity index (χ1n) is 10.1. The van der Waals surface area contributed by atoms with Gasteiger partial charge in [-0.25, -0.2) is 9.59 Å². The third kappa shape index (κ3) is 7.04. The van der Waals surface area contributed by atoms with Crippen LogP contribution in [0.5, 0.6) is 0 Å².